The summed E-state index contributed by atoms with van der Waals surface area (Å²) in [7, 11) is 0. The summed E-state index contributed by atoms with van der Waals surface area (Å²) in [5, 5.41) is 0.691. The zero-order valence-electron chi connectivity index (χ0n) is 12.1. The molecule has 0 aliphatic heterocycles. The highest BCUT2D eigenvalue weighted by Crippen LogP contribution is 2.28. The van der Waals surface area contributed by atoms with Gasteiger partial charge >= 0.3 is 0 Å². The average Bonchev–Trinajstić information content (AvgIpc) is 2.49. The van der Waals surface area contributed by atoms with Crippen LogP contribution in [0.3, 0.4) is 0 Å². The van der Waals surface area contributed by atoms with Gasteiger partial charge in [-0.05, 0) is 42.0 Å². The number of halogens is 2. The van der Waals surface area contributed by atoms with Crippen molar-refractivity contribution in [2.45, 2.75) is 26.4 Å². The van der Waals surface area contributed by atoms with Gasteiger partial charge in [0.25, 0.3) is 0 Å². The Morgan fingerprint density at radius 1 is 1.10 bits per heavy atom. The molecular formula is C18H19Cl2O. The van der Waals surface area contributed by atoms with Gasteiger partial charge in [-0.25, -0.2) is 0 Å². The molecule has 0 saturated carbocycles. The van der Waals surface area contributed by atoms with Crippen LogP contribution in [0.25, 0.3) is 0 Å². The molecule has 1 nitrogen and oxygen atoms in total. The molecule has 0 amide bonds. The van der Waals surface area contributed by atoms with Gasteiger partial charge in [-0.1, -0.05) is 54.9 Å². The summed E-state index contributed by atoms with van der Waals surface area (Å²) in [5.41, 5.74) is 2.29. The minimum Gasteiger partial charge on any atom is -0.489 e. The fourth-order valence-corrected chi connectivity index (χ4v) is 2.60. The van der Waals surface area contributed by atoms with E-state index in [0.717, 1.165) is 29.7 Å². The Morgan fingerprint density at radius 2 is 1.86 bits per heavy atom. The van der Waals surface area contributed by atoms with Crippen LogP contribution in [0.15, 0.2) is 48.5 Å². The molecule has 0 unspecified atom stereocenters. The van der Waals surface area contributed by atoms with E-state index in [-0.39, 0.29) is 0 Å². The summed E-state index contributed by atoms with van der Waals surface area (Å²) < 4.78 is 5.95. The minimum atomic E-state index is 0.544. The number of alkyl halides is 1. The molecule has 21 heavy (non-hydrogen) atoms. The largest absolute Gasteiger partial charge is 0.489 e. The van der Waals surface area contributed by atoms with E-state index in [1.807, 2.05) is 36.4 Å². The zero-order valence-corrected chi connectivity index (χ0v) is 13.6. The Morgan fingerprint density at radius 3 is 2.57 bits per heavy atom. The third-order valence-electron chi connectivity index (χ3n) is 3.28. The van der Waals surface area contributed by atoms with Crippen molar-refractivity contribution in [2.24, 2.45) is 0 Å². The minimum absolute atomic E-state index is 0.544. The summed E-state index contributed by atoms with van der Waals surface area (Å²) in [6.07, 6.45) is 1.79. The van der Waals surface area contributed by atoms with Gasteiger partial charge in [0.1, 0.15) is 12.4 Å². The smallest absolute Gasteiger partial charge is 0.124 e. The summed E-state index contributed by atoms with van der Waals surface area (Å²) in [4.78, 5) is 0. The predicted molar refractivity (Wildman–Crippen MR) is 90.2 cm³/mol. The fourth-order valence-electron chi connectivity index (χ4n) is 2.12. The van der Waals surface area contributed by atoms with E-state index in [1.54, 1.807) is 0 Å². The first kappa shape index (κ1) is 16.2. The molecule has 0 aromatic heterocycles. The van der Waals surface area contributed by atoms with E-state index in [1.165, 1.54) is 5.92 Å². The van der Waals surface area contributed by atoms with E-state index in [2.05, 4.69) is 19.1 Å². The second kappa shape index (κ2) is 8.31. The number of benzene rings is 2. The molecular weight excluding hydrogens is 303 g/mol. The lowest BCUT2D eigenvalue weighted by molar-refractivity contribution is 0.303. The monoisotopic (exact) mass is 321 g/mol. The summed E-state index contributed by atoms with van der Waals surface area (Å²) in [6, 6.07) is 15.9. The van der Waals surface area contributed by atoms with Crippen molar-refractivity contribution in [3.05, 3.63) is 70.6 Å². The Bertz CT molecular complexity index is 554. The van der Waals surface area contributed by atoms with Crippen LogP contribution in [0.4, 0.5) is 0 Å². The van der Waals surface area contributed by atoms with Crippen molar-refractivity contribution in [3.63, 3.8) is 0 Å². The van der Waals surface area contributed by atoms with Crippen LogP contribution in [0.2, 0.25) is 5.02 Å². The first-order valence-corrected chi connectivity index (χ1v) is 7.92. The van der Waals surface area contributed by atoms with Crippen molar-refractivity contribution in [1.82, 2.24) is 0 Å². The van der Waals surface area contributed by atoms with Gasteiger partial charge in [0.05, 0.1) is 0 Å². The van der Waals surface area contributed by atoms with Gasteiger partial charge in [0, 0.05) is 10.9 Å². The van der Waals surface area contributed by atoms with Crippen molar-refractivity contribution in [2.75, 3.05) is 5.88 Å². The van der Waals surface area contributed by atoms with Gasteiger partial charge in [-0.2, -0.15) is 0 Å². The molecule has 1 radical (unpaired) electrons. The summed E-state index contributed by atoms with van der Waals surface area (Å²) in [5.74, 6) is 2.84. The van der Waals surface area contributed by atoms with Crippen LogP contribution in [-0.4, -0.2) is 5.88 Å². The molecule has 0 aliphatic carbocycles. The highest BCUT2D eigenvalue weighted by Gasteiger charge is 2.10. The topological polar surface area (TPSA) is 9.23 Å². The van der Waals surface area contributed by atoms with Gasteiger partial charge in [-0.15, -0.1) is 11.6 Å². The number of hydrogen-bond acceptors (Lipinski definition) is 1. The Balaban J connectivity index is 2.08. The average molecular weight is 322 g/mol. The first-order chi connectivity index (χ1) is 10.2. The third kappa shape index (κ3) is 5.26. The van der Waals surface area contributed by atoms with Crippen LogP contribution >= 0.6 is 23.2 Å². The van der Waals surface area contributed by atoms with E-state index in [0.29, 0.717) is 17.5 Å². The lowest BCUT2D eigenvalue weighted by Crippen LogP contribution is -2.03. The van der Waals surface area contributed by atoms with E-state index < -0.39 is 0 Å². The second-order valence-corrected chi connectivity index (χ2v) is 5.91. The van der Waals surface area contributed by atoms with Crippen LogP contribution < -0.4 is 4.74 Å². The standard InChI is InChI=1S/C18H19Cl2O/c1-14(9-10-19)11-16-7-8-17(20)12-18(16)21-13-15-5-3-2-4-6-15/h2-8,12H,9-11,13H2,1H3. The summed E-state index contributed by atoms with van der Waals surface area (Å²) >= 11 is 11.9. The van der Waals surface area contributed by atoms with Crippen molar-refractivity contribution < 1.29 is 4.74 Å². The summed E-state index contributed by atoms with van der Waals surface area (Å²) in [6.45, 7) is 2.67. The molecule has 0 aliphatic rings. The third-order valence-corrected chi connectivity index (χ3v) is 3.70. The molecule has 2 rings (SSSR count). The fraction of sp³-hybridized carbons (Fsp3) is 0.278. The molecule has 0 fully saturated rings. The number of hydrogen-bond donors (Lipinski definition) is 0. The van der Waals surface area contributed by atoms with Crippen LogP contribution in [-0.2, 0) is 13.0 Å². The molecule has 0 N–H and O–H groups in total. The van der Waals surface area contributed by atoms with Gasteiger partial charge in [0.2, 0.25) is 0 Å². The van der Waals surface area contributed by atoms with Crippen LogP contribution in [0.5, 0.6) is 5.75 Å². The highest BCUT2D eigenvalue weighted by atomic mass is 35.5. The molecule has 3 heteroatoms. The lowest BCUT2D eigenvalue weighted by atomic mass is 9.98. The SMILES string of the molecule is C[C](CCCl)Cc1ccc(Cl)cc1OCc1ccccc1. The quantitative estimate of drug-likeness (QED) is 0.596. The zero-order chi connectivity index (χ0) is 15.1. The first-order valence-electron chi connectivity index (χ1n) is 7.01. The maximum atomic E-state index is 6.09. The van der Waals surface area contributed by atoms with Crippen LogP contribution in [0.1, 0.15) is 24.5 Å². The molecule has 0 atom stereocenters. The van der Waals surface area contributed by atoms with E-state index >= 15 is 0 Å². The molecule has 2 aromatic rings. The molecule has 0 saturated heterocycles. The van der Waals surface area contributed by atoms with Gasteiger partial charge in [0.15, 0.2) is 0 Å². The Kier molecular flexibility index (Phi) is 6.41. The van der Waals surface area contributed by atoms with Crippen molar-refractivity contribution >= 4 is 23.2 Å². The molecule has 0 spiro atoms. The van der Waals surface area contributed by atoms with E-state index in [9.17, 15) is 0 Å². The van der Waals surface area contributed by atoms with E-state index in [4.69, 9.17) is 27.9 Å². The van der Waals surface area contributed by atoms with Gasteiger partial charge < -0.3 is 4.74 Å². The number of ether oxygens (including phenoxy) is 1. The van der Waals surface area contributed by atoms with Crippen molar-refractivity contribution in [3.8, 4) is 5.75 Å². The Hall–Kier alpha value is -1.18. The maximum absolute atomic E-state index is 6.09. The maximum Gasteiger partial charge on any atom is 0.124 e. The lowest BCUT2D eigenvalue weighted by Gasteiger charge is -2.15. The second-order valence-electron chi connectivity index (χ2n) is 5.10. The normalized spacial score (nSPS) is 10.9. The van der Waals surface area contributed by atoms with Gasteiger partial charge in [-0.3, -0.25) is 0 Å². The van der Waals surface area contributed by atoms with Crippen molar-refractivity contribution in [1.29, 1.82) is 0 Å². The highest BCUT2D eigenvalue weighted by molar-refractivity contribution is 6.30. The number of rotatable bonds is 7. The van der Waals surface area contributed by atoms with Crippen LogP contribution in [0, 0.1) is 5.92 Å². The molecule has 0 bridgehead atoms. The molecule has 2 aromatic carbocycles. The molecule has 111 valence electrons. The predicted octanol–water partition coefficient (Wildman–Crippen LogP) is 5.68. The Labute approximate surface area is 136 Å². The molecule has 0 heterocycles.